The lowest BCUT2D eigenvalue weighted by atomic mass is 10.1. The quantitative estimate of drug-likeness (QED) is 0.856. The third-order valence-corrected chi connectivity index (χ3v) is 5.33. The standard InChI is InChI=1S/C9H15ClN4O2S/c1-13-9(7(10)6-12-13)17(15,16)14-5-3-2-4-8(14)11/h6,8H,2-5,11H2,1H3. The van der Waals surface area contributed by atoms with Crippen LogP contribution in [0.25, 0.3) is 0 Å². The molecule has 6 nitrogen and oxygen atoms in total. The first-order valence-corrected chi connectivity index (χ1v) is 7.21. The van der Waals surface area contributed by atoms with Gasteiger partial charge in [0.1, 0.15) is 0 Å². The predicted octanol–water partition coefficient (Wildman–Crippen LogP) is 0.533. The summed E-state index contributed by atoms with van der Waals surface area (Å²) in [5, 5.41) is 3.98. The Morgan fingerprint density at radius 1 is 1.53 bits per heavy atom. The summed E-state index contributed by atoms with van der Waals surface area (Å²) in [6.45, 7) is 0.436. The molecule has 1 fully saturated rings. The van der Waals surface area contributed by atoms with Crippen molar-refractivity contribution in [1.29, 1.82) is 0 Å². The van der Waals surface area contributed by atoms with E-state index in [1.54, 1.807) is 7.05 Å². The van der Waals surface area contributed by atoms with Gasteiger partial charge >= 0.3 is 0 Å². The minimum absolute atomic E-state index is 0.0107. The monoisotopic (exact) mass is 278 g/mol. The smallest absolute Gasteiger partial charge is 0.263 e. The van der Waals surface area contributed by atoms with Crippen LogP contribution in [0.5, 0.6) is 0 Å². The van der Waals surface area contributed by atoms with Gasteiger partial charge in [0.15, 0.2) is 5.03 Å². The van der Waals surface area contributed by atoms with Crippen LogP contribution in [-0.2, 0) is 17.1 Å². The van der Waals surface area contributed by atoms with Crippen LogP contribution in [0, 0.1) is 0 Å². The summed E-state index contributed by atoms with van der Waals surface area (Å²) in [5.41, 5.74) is 5.85. The Bertz CT molecular complexity index is 494. The van der Waals surface area contributed by atoms with E-state index in [9.17, 15) is 8.42 Å². The fraction of sp³-hybridized carbons (Fsp3) is 0.667. The first-order chi connectivity index (χ1) is 7.94. The van der Waals surface area contributed by atoms with Gasteiger partial charge in [0, 0.05) is 13.6 Å². The molecular weight excluding hydrogens is 264 g/mol. The molecule has 1 aromatic heterocycles. The summed E-state index contributed by atoms with van der Waals surface area (Å²) >= 11 is 5.87. The highest BCUT2D eigenvalue weighted by atomic mass is 35.5. The second-order valence-corrected chi connectivity index (χ2v) is 6.31. The Morgan fingerprint density at radius 3 is 2.76 bits per heavy atom. The highest BCUT2D eigenvalue weighted by Gasteiger charge is 2.35. The van der Waals surface area contributed by atoms with Gasteiger partial charge < -0.3 is 5.73 Å². The van der Waals surface area contributed by atoms with Crippen LogP contribution < -0.4 is 5.73 Å². The Labute approximate surface area is 105 Å². The van der Waals surface area contributed by atoms with Gasteiger partial charge in [-0.05, 0) is 19.3 Å². The molecule has 0 bridgehead atoms. The molecule has 1 saturated heterocycles. The summed E-state index contributed by atoms with van der Waals surface area (Å²) < 4.78 is 27.4. The number of piperidine rings is 1. The van der Waals surface area contributed by atoms with E-state index in [-0.39, 0.29) is 10.0 Å². The van der Waals surface area contributed by atoms with Gasteiger partial charge in [-0.15, -0.1) is 0 Å². The lowest BCUT2D eigenvalue weighted by Crippen LogP contribution is -2.49. The van der Waals surface area contributed by atoms with Crippen LogP contribution in [-0.4, -0.2) is 35.2 Å². The molecule has 0 saturated carbocycles. The summed E-state index contributed by atoms with van der Waals surface area (Å²) in [7, 11) is -2.10. The van der Waals surface area contributed by atoms with Gasteiger partial charge in [0.25, 0.3) is 10.0 Å². The average molecular weight is 279 g/mol. The van der Waals surface area contributed by atoms with Crippen molar-refractivity contribution in [3.8, 4) is 0 Å². The molecule has 1 aromatic rings. The molecule has 0 radical (unpaired) electrons. The molecule has 2 N–H and O–H groups in total. The van der Waals surface area contributed by atoms with Gasteiger partial charge in [-0.2, -0.15) is 9.40 Å². The average Bonchev–Trinajstić information content (AvgIpc) is 2.59. The number of nitrogens with zero attached hydrogens (tertiary/aromatic N) is 3. The van der Waals surface area contributed by atoms with E-state index in [4.69, 9.17) is 17.3 Å². The Hall–Kier alpha value is -0.630. The summed E-state index contributed by atoms with van der Waals surface area (Å²) in [6.07, 6.45) is 3.30. The van der Waals surface area contributed by atoms with Gasteiger partial charge in [0.05, 0.1) is 17.4 Å². The third kappa shape index (κ3) is 2.20. The van der Waals surface area contributed by atoms with Crippen molar-refractivity contribution in [2.24, 2.45) is 12.8 Å². The number of halogens is 1. The fourth-order valence-corrected chi connectivity index (χ4v) is 4.22. The van der Waals surface area contributed by atoms with Crippen molar-refractivity contribution >= 4 is 21.6 Å². The number of rotatable bonds is 2. The number of hydrogen-bond acceptors (Lipinski definition) is 4. The van der Waals surface area contributed by atoms with Crippen LogP contribution in [0.4, 0.5) is 0 Å². The van der Waals surface area contributed by atoms with Crippen LogP contribution in [0.3, 0.4) is 0 Å². The number of hydrogen-bond donors (Lipinski definition) is 1. The predicted molar refractivity (Wildman–Crippen MR) is 63.9 cm³/mol. The number of aryl methyl sites for hydroxylation is 1. The number of aromatic nitrogens is 2. The van der Waals surface area contributed by atoms with E-state index in [0.717, 1.165) is 12.8 Å². The van der Waals surface area contributed by atoms with E-state index in [2.05, 4.69) is 5.10 Å². The van der Waals surface area contributed by atoms with Crippen LogP contribution in [0.2, 0.25) is 5.02 Å². The molecule has 0 aromatic carbocycles. The maximum Gasteiger partial charge on any atom is 0.263 e. The molecule has 0 spiro atoms. The summed E-state index contributed by atoms with van der Waals surface area (Å²) in [4.78, 5) is 0. The van der Waals surface area contributed by atoms with E-state index in [0.29, 0.717) is 13.0 Å². The molecule has 1 aliphatic heterocycles. The first-order valence-electron chi connectivity index (χ1n) is 5.39. The molecule has 2 heterocycles. The molecule has 96 valence electrons. The minimum Gasteiger partial charge on any atom is -0.315 e. The molecule has 2 rings (SSSR count). The van der Waals surface area contributed by atoms with Crippen molar-refractivity contribution in [1.82, 2.24) is 14.1 Å². The molecule has 0 aliphatic carbocycles. The Morgan fingerprint density at radius 2 is 2.24 bits per heavy atom. The van der Waals surface area contributed by atoms with Crippen LogP contribution >= 0.6 is 11.6 Å². The zero-order chi connectivity index (χ0) is 12.6. The highest BCUT2D eigenvalue weighted by Crippen LogP contribution is 2.27. The zero-order valence-electron chi connectivity index (χ0n) is 9.50. The topological polar surface area (TPSA) is 81.2 Å². The highest BCUT2D eigenvalue weighted by molar-refractivity contribution is 7.89. The van der Waals surface area contributed by atoms with E-state index >= 15 is 0 Å². The molecule has 17 heavy (non-hydrogen) atoms. The lowest BCUT2D eigenvalue weighted by molar-refractivity contribution is 0.256. The minimum atomic E-state index is -3.65. The largest absolute Gasteiger partial charge is 0.315 e. The van der Waals surface area contributed by atoms with Gasteiger partial charge in [-0.3, -0.25) is 4.68 Å². The molecule has 1 atom stereocenters. The molecule has 8 heteroatoms. The van der Waals surface area contributed by atoms with Crippen molar-refractivity contribution < 1.29 is 8.42 Å². The summed E-state index contributed by atoms with van der Waals surface area (Å²) in [6, 6.07) is 0. The van der Waals surface area contributed by atoms with Gasteiger partial charge in [-0.1, -0.05) is 11.6 Å². The Balaban J connectivity index is 2.42. The SMILES string of the molecule is Cn1ncc(Cl)c1S(=O)(=O)N1CCCCC1N. The number of nitrogens with two attached hydrogens (primary N) is 1. The molecule has 1 aliphatic rings. The van der Waals surface area contributed by atoms with Crippen molar-refractivity contribution in [2.75, 3.05) is 6.54 Å². The van der Waals surface area contributed by atoms with Gasteiger partial charge in [0.2, 0.25) is 0 Å². The van der Waals surface area contributed by atoms with Crippen molar-refractivity contribution in [3.05, 3.63) is 11.2 Å². The van der Waals surface area contributed by atoms with Crippen molar-refractivity contribution in [2.45, 2.75) is 30.5 Å². The van der Waals surface area contributed by atoms with E-state index in [1.807, 2.05) is 0 Å². The second kappa shape index (κ2) is 4.56. The van der Waals surface area contributed by atoms with Crippen LogP contribution in [0.15, 0.2) is 11.2 Å². The molecule has 1 unspecified atom stereocenters. The molecular formula is C9H15ClN4O2S. The molecule has 0 amide bonds. The van der Waals surface area contributed by atoms with E-state index < -0.39 is 16.2 Å². The zero-order valence-corrected chi connectivity index (χ0v) is 11.1. The van der Waals surface area contributed by atoms with E-state index in [1.165, 1.54) is 15.2 Å². The fourth-order valence-electron chi connectivity index (χ4n) is 2.03. The lowest BCUT2D eigenvalue weighted by Gasteiger charge is -2.31. The third-order valence-electron chi connectivity index (χ3n) is 2.89. The summed E-state index contributed by atoms with van der Waals surface area (Å²) in [5.74, 6) is 0. The maximum absolute atomic E-state index is 12.4. The van der Waals surface area contributed by atoms with Crippen molar-refractivity contribution in [3.63, 3.8) is 0 Å². The van der Waals surface area contributed by atoms with Gasteiger partial charge in [-0.25, -0.2) is 8.42 Å². The maximum atomic E-state index is 12.4. The Kier molecular flexibility index (Phi) is 3.44. The first kappa shape index (κ1) is 12.8. The number of sulfonamides is 1. The normalized spacial score (nSPS) is 22.9. The second-order valence-electron chi connectivity index (χ2n) is 4.10. The van der Waals surface area contributed by atoms with Crippen LogP contribution in [0.1, 0.15) is 19.3 Å².